The van der Waals surface area contributed by atoms with Crippen LogP contribution in [0.4, 0.5) is 0 Å². The molecule has 72 valence electrons. The fourth-order valence-electron chi connectivity index (χ4n) is 1.10. The molecule has 1 amide bonds. The molecule has 4 nitrogen and oxygen atoms in total. The second kappa shape index (κ2) is 4.41. The molecule has 1 fully saturated rings. The fraction of sp³-hybridized carbons (Fsp3) is 0.625. The number of carbonyl (C=O) groups excluding carboxylic acids is 3. The van der Waals surface area contributed by atoms with Crippen molar-refractivity contribution >= 4 is 28.6 Å². The van der Waals surface area contributed by atoms with Gasteiger partial charge in [0.15, 0.2) is 0 Å². The molecular formula is C8H11NO3S. The molecular weight excluding hydrogens is 190 g/mol. The molecule has 1 unspecified atom stereocenters. The molecule has 1 N–H and O–H groups in total. The number of carbonyl (C=O) groups is 3. The molecule has 1 aliphatic heterocycles. The first-order valence-electron chi connectivity index (χ1n) is 4.05. The summed E-state index contributed by atoms with van der Waals surface area (Å²) in [4.78, 5) is 32.7. The van der Waals surface area contributed by atoms with E-state index in [2.05, 4.69) is 5.32 Å². The maximum Gasteiger partial charge on any atom is 0.228 e. The van der Waals surface area contributed by atoms with Crippen molar-refractivity contribution in [3.63, 3.8) is 0 Å². The number of nitrogens with one attached hydrogen (secondary N) is 1. The van der Waals surface area contributed by atoms with Crippen LogP contribution in [0.25, 0.3) is 0 Å². The van der Waals surface area contributed by atoms with E-state index in [9.17, 15) is 14.4 Å². The first kappa shape index (κ1) is 10.2. The van der Waals surface area contributed by atoms with Crippen LogP contribution in [0.5, 0.6) is 0 Å². The first-order valence-corrected chi connectivity index (χ1v) is 5.03. The Kier molecular flexibility index (Phi) is 3.48. The SMILES string of the molecule is CC(=O)CC(=O)NC1CCSC1=O. The van der Waals surface area contributed by atoms with Gasteiger partial charge in [0.05, 0.1) is 12.5 Å². The lowest BCUT2D eigenvalue weighted by Crippen LogP contribution is -2.37. The normalized spacial score (nSPS) is 21.6. The first-order chi connectivity index (χ1) is 6.09. The van der Waals surface area contributed by atoms with Crippen LogP contribution in [-0.2, 0) is 14.4 Å². The van der Waals surface area contributed by atoms with E-state index in [1.807, 2.05) is 0 Å². The van der Waals surface area contributed by atoms with Crippen molar-refractivity contribution in [3.05, 3.63) is 0 Å². The second-order valence-electron chi connectivity index (χ2n) is 2.96. The molecule has 0 radical (unpaired) electrons. The largest absolute Gasteiger partial charge is 0.345 e. The second-order valence-corrected chi connectivity index (χ2v) is 4.05. The van der Waals surface area contributed by atoms with Crippen molar-refractivity contribution in [1.29, 1.82) is 0 Å². The summed E-state index contributed by atoms with van der Waals surface area (Å²) in [6, 6.07) is -0.378. The van der Waals surface area contributed by atoms with Gasteiger partial charge in [-0.25, -0.2) is 0 Å². The van der Waals surface area contributed by atoms with Crippen LogP contribution >= 0.6 is 11.8 Å². The predicted octanol–water partition coefficient (Wildman–Crippen LogP) is 0.114. The van der Waals surface area contributed by atoms with E-state index in [1.54, 1.807) is 0 Å². The number of thioether (sulfide) groups is 1. The zero-order valence-electron chi connectivity index (χ0n) is 7.33. The molecule has 0 bridgehead atoms. The Bertz CT molecular complexity index is 252. The van der Waals surface area contributed by atoms with Crippen molar-refractivity contribution in [1.82, 2.24) is 5.32 Å². The Labute approximate surface area is 80.4 Å². The van der Waals surface area contributed by atoms with Crippen LogP contribution in [0.3, 0.4) is 0 Å². The summed E-state index contributed by atoms with van der Waals surface area (Å²) in [5.74, 6) is 0.216. The van der Waals surface area contributed by atoms with Gasteiger partial charge in [0.1, 0.15) is 5.78 Å². The number of hydrogen-bond acceptors (Lipinski definition) is 4. The minimum Gasteiger partial charge on any atom is -0.345 e. The number of ketones is 1. The highest BCUT2D eigenvalue weighted by atomic mass is 32.2. The van der Waals surface area contributed by atoms with Gasteiger partial charge >= 0.3 is 0 Å². The lowest BCUT2D eigenvalue weighted by Gasteiger charge is -2.08. The maximum absolute atomic E-state index is 11.1. The van der Waals surface area contributed by atoms with Crippen LogP contribution in [0.1, 0.15) is 19.8 Å². The molecule has 1 saturated heterocycles. The van der Waals surface area contributed by atoms with Crippen LogP contribution in [0, 0.1) is 0 Å². The van der Waals surface area contributed by atoms with E-state index in [0.717, 1.165) is 5.75 Å². The molecule has 0 aromatic rings. The Hall–Kier alpha value is -0.840. The standard InChI is InChI=1S/C8H11NO3S/c1-5(10)4-7(11)9-6-2-3-13-8(6)12/h6H,2-4H2,1H3,(H,9,11). The summed E-state index contributed by atoms with van der Waals surface area (Å²) in [6.07, 6.45) is 0.543. The average Bonchev–Trinajstić information content (AvgIpc) is 2.34. The third-order valence-corrected chi connectivity index (χ3v) is 2.69. The number of rotatable bonds is 3. The Balaban J connectivity index is 2.35. The molecule has 1 heterocycles. The summed E-state index contributed by atoms with van der Waals surface area (Å²) in [7, 11) is 0. The lowest BCUT2D eigenvalue weighted by atomic mass is 10.2. The van der Waals surface area contributed by atoms with Crippen LogP contribution in [0.15, 0.2) is 0 Å². The highest BCUT2D eigenvalue weighted by molar-refractivity contribution is 8.14. The van der Waals surface area contributed by atoms with Gasteiger partial charge in [-0.1, -0.05) is 11.8 Å². The molecule has 5 heteroatoms. The molecule has 0 aromatic carbocycles. The Morgan fingerprint density at radius 2 is 2.31 bits per heavy atom. The predicted molar refractivity (Wildman–Crippen MR) is 49.3 cm³/mol. The zero-order chi connectivity index (χ0) is 9.84. The van der Waals surface area contributed by atoms with E-state index in [1.165, 1.54) is 18.7 Å². The molecule has 0 saturated carbocycles. The quantitative estimate of drug-likeness (QED) is 0.658. The van der Waals surface area contributed by atoms with Gasteiger partial charge in [0.2, 0.25) is 11.0 Å². The molecule has 13 heavy (non-hydrogen) atoms. The van der Waals surface area contributed by atoms with Gasteiger partial charge in [-0.3, -0.25) is 14.4 Å². The van der Waals surface area contributed by atoms with Crippen molar-refractivity contribution in [2.24, 2.45) is 0 Å². The van der Waals surface area contributed by atoms with Gasteiger partial charge in [-0.2, -0.15) is 0 Å². The monoisotopic (exact) mass is 201 g/mol. The molecule has 0 spiro atoms. The molecule has 0 aromatic heterocycles. The van der Waals surface area contributed by atoms with Crippen molar-refractivity contribution in [3.8, 4) is 0 Å². The van der Waals surface area contributed by atoms with Crippen LogP contribution in [-0.4, -0.2) is 28.6 Å². The molecule has 1 atom stereocenters. The third-order valence-electron chi connectivity index (χ3n) is 1.68. The van der Waals surface area contributed by atoms with Gasteiger partial charge in [-0.05, 0) is 13.3 Å². The van der Waals surface area contributed by atoms with Crippen molar-refractivity contribution in [2.75, 3.05) is 5.75 Å². The smallest absolute Gasteiger partial charge is 0.228 e. The van der Waals surface area contributed by atoms with E-state index in [4.69, 9.17) is 0 Å². The summed E-state index contributed by atoms with van der Waals surface area (Å²) in [5, 5.41) is 2.53. The van der Waals surface area contributed by atoms with E-state index >= 15 is 0 Å². The third kappa shape index (κ3) is 3.18. The molecule has 0 aliphatic carbocycles. The topological polar surface area (TPSA) is 63.2 Å². The van der Waals surface area contributed by atoms with Gasteiger partial charge in [-0.15, -0.1) is 0 Å². The highest BCUT2D eigenvalue weighted by Gasteiger charge is 2.26. The van der Waals surface area contributed by atoms with Crippen LogP contribution in [0.2, 0.25) is 0 Å². The van der Waals surface area contributed by atoms with Gasteiger partial charge < -0.3 is 5.32 Å². The van der Waals surface area contributed by atoms with E-state index in [-0.39, 0.29) is 29.3 Å². The van der Waals surface area contributed by atoms with E-state index < -0.39 is 0 Å². The molecule has 1 aliphatic rings. The average molecular weight is 201 g/mol. The van der Waals surface area contributed by atoms with Crippen molar-refractivity contribution in [2.45, 2.75) is 25.8 Å². The number of hydrogen-bond donors (Lipinski definition) is 1. The molecule has 1 rings (SSSR count). The summed E-state index contributed by atoms with van der Waals surface area (Å²) in [6.45, 7) is 1.35. The Morgan fingerprint density at radius 3 is 2.77 bits per heavy atom. The number of Topliss-reactive ketones (excluding diaryl/α,β-unsaturated/α-hetero) is 1. The minimum absolute atomic E-state index is 0.00287. The summed E-state index contributed by atoms with van der Waals surface area (Å²) >= 11 is 1.23. The van der Waals surface area contributed by atoms with Gasteiger partial charge in [0.25, 0.3) is 0 Å². The van der Waals surface area contributed by atoms with E-state index in [0.29, 0.717) is 6.42 Å². The van der Waals surface area contributed by atoms with Crippen molar-refractivity contribution < 1.29 is 14.4 Å². The number of amides is 1. The zero-order valence-corrected chi connectivity index (χ0v) is 8.15. The fourth-order valence-corrected chi connectivity index (χ4v) is 2.03. The summed E-state index contributed by atoms with van der Waals surface area (Å²) < 4.78 is 0. The maximum atomic E-state index is 11.1. The summed E-state index contributed by atoms with van der Waals surface area (Å²) in [5.41, 5.74) is 0. The Morgan fingerprint density at radius 1 is 1.62 bits per heavy atom. The van der Waals surface area contributed by atoms with Gasteiger partial charge in [0, 0.05) is 5.75 Å². The highest BCUT2D eigenvalue weighted by Crippen LogP contribution is 2.19. The lowest BCUT2D eigenvalue weighted by molar-refractivity contribution is -0.129. The minimum atomic E-state index is -0.378. The van der Waals surface area contributed by atoms with Crippen LogP contribution < -0.4 is 5.32 Å².